The van der Waals surface area contributed by atoms with Gasteiger partial charge in [-0.1, -0.05) is 36.4 Å². The number of hydrogen-bond donors (Lipinski definition) is 0. The van der Waals surface area contributed by atoms with Gasteiger partial charge in [0, 0.05) is 0 Å². The minimum Gasteiger partial charge on any atom is -1.00 e. The van der Waals surface area contributed by atoms with Crippen LogP contribution in [0.4, 0.5) is 0 Å². The Hall–Kier alpha value is -0.0269. The molecule has 0 aliphatic heterocycles. The SMILES string of the molecule is CP(C)C[C-](c1ccccc1)c1ccccc1.[C-]1=CC=CC1.[Cl-].[Cl-].[Cl-].[Zr+3]. The van der Waals surface area contributed by atoms with Crippen LogP contribution in [-0.2, 0) is 26.2 Å². The molecule has 0 heterocycles. The van der Waals surface area contributed by atoms with Crippen molar-refractivity contribution in [2.45, 2.75) is 6.42 Å². The summed E-state index contributed by atoms with van der Waals surface area (Å²) >= 11 is 0. The third kappa shape index (κ3) is 11.6. The first-order chi connectivity index (χ1) is 10.8. The largest absolute Gasteiger partial charge is 3.00 e. The molecule has 0 atom stereocenters. The molecule has 0 spiro atoms. The summed E-state index contributed by atoms with van der Waals surface area (Å²) in [5, 5.41) is 0. The van der Waals surface area contributed by atoms with E-state index in [2.05, 4.69) is 86.1 Å². The zero-order valence-electron chi connectivity index (χ0n) is 15.0. The quantitative estimate of drug-likeness (QED) is 0.303. The summed E-state index contributed by atoms with van der Waals surface area (Å²) in [4.78, 5) is 0. The van der Waals surface area contributed by atoms with Crippen LogP contribution in [0.15, 0.2) is 78.9 Å². The molecule has 26 heavy (non-hydrogen) atoms. The van der Waals surface area contributed by atoms with Gasteiger partial charge in [0.05, 0.1) is 0 Å². The number of hydrogen-bond acceptors (Lipinski definition) is 0. The Morgan fingerprint density at radius 3 is 1.58 bits per heavy atom. The van der Waals surface area contributed by atoms with Gasteiger partial charge in [-0.05, 0) is 19.5 Å². The summed E-state index contributed by atoms with van der Waals surface area (Å²) in [7, 11) is 0.0759. The van der Waals surface area contributed by atoms with E-state index in [1.165, 1.54) is 23.2 Å². The number of allylic oxidation sites excluding steroid dienone is 4. The van der Waals surface area contributed by atoms with Crippen molar-refractivity contribution in [1.29, 1.82) is 0 Å². The van der Waals surface area contributed by atoms with Gasteiger partial charge in [0.2, 0.25) is 0 Å². The molecule has 0 nitrogen and oxygen atoms in total. The maximum atomic E-state index is 2.99. The molecule has 5 heteroatoms. The molecule has 0 fully saturated rings. The Labute approximate surface area is 198 Å². The van der Waals surface area contributed by atoms with Crippen LogP contribution in [0.1, 0.15) is 17.5 Å². The van der Waals surface area contributed by atoms with E-state index < -0.39 is 0 Å². The van der Waals surface area contributed by atoms with Crippen LogP contribution in [0.2, 0.25) is 0 Å². The molecule has 0 unspecified atom stereocenters. The smallest absolute Gasteiger partial charge is 1.00 e. The first kappa shape index (κ1) is 30.7. The van der Waals surface area contributed by atoms with E-state index >= 15 is 0 Å². The van der Waals surface area contributed by atoms with E-state index in [4.69, 9.17) is 0 Å². The van der Waals surface area contributed by atoms with Crippen molar-refractivity contribution in [2.75, 3.05) is 19.5 Å². The second-order valence-electron chi connectivity index (χ2n) is 5.45. The van der Waals surface area contributed by atoms with E-state index in [1.807, 2.05) is 12.2 Å². The van der Waals surface area contributed by atoms with E-state index in [0.717, 1.165) is 6.42 Å². The van der Waals surface area contributed by atoms with Crippen LogP contribution in [0.3, 0.4) is 0 Å². The second kappa shape index (κ2) is 18.3. The molecule has 3 rings (SSSR count). The van der Waals surface area contributed by atoms with Crippen LogP contribution in [0.25, 0.3) is 0 Å². The standard InChI is InChI=1S/C16H18P.C5H5.3ClH.Zr/c1-17(2)13-16(14-9-5-3-6-10-14)15-11-7-4-8-12-15;1-2-4-5-3-1;;;;/h3-12H,13H2,1-2H3;1-3H,4H2;3*1H;/q2*-1;;;;+3/p-3. The minimum atomic E-state index is 0. The maximum Gasteiger partial charge on any atom is 3.00 e. The first-order valence-corrected chi connectivity index (χ1v) is 10.0. The molecule has 0 amide bonds. The van der Waals surface area contributed by atoms with Gasteiger partial charge in [0.1, 0.15) is 0 Å². The van der Waals surface area contributed by atoms with E-state index in [9.17, 15) is 0 Å². The van der Waals surface area contributed by atoms with Gasteiger partial charge in [-0.2, -0.15) is 6.08 Å². The molecule has 139 valence electrons. The van der Waals surface area contributed by atoms with E-state index in [-0.39, 0.29) is 71.3 Å². The monoisotopic (exact) mass is 501 g/mol. The van der Waals surface area contributed by atoms with Crippen molar-refractivity contribution in [3.63, 3.8) is 0 Å². The Morgan fingerprint density at radius 2 is 1.31 bits per heavy atom. The molecule has 0 saturated heterocycles. The fraction of sp³-hybridized carbons (Fsp3) is 0.190. The van der Waals surface area contributed by atoms with Crippen LogP contribution in [0, 0.1) is 12.0 Å². The van der Waals surface area contributed by atoms with Crippen molar-refractivity contribution in [2.24, 2.45) is 0 Å². The molecule has 2 aromatic rings. The molecule has 0 bridgehead atoms. The van der Waals surface area contributed by atoms with Gasteiger partial charge in [-0.15, -0.1) is 55.7 Å². The summed E-state index contributed by atoms with van der Waals surface area (Å²) in [5.41, 5.74) is 2.71. The average molecular weight is 504 g/mol. The molecular formula is C21H23Cl3PZr-2. The Bertz CT molecular complexity index is 552. The van der Waals surface area contributed by atoms with Crippen molar-refractivity contribution in [1.82, 2.24) is 0 Å². The molecule has 2 aromatic carbocycles. The summed E-state index contributed by atoms with van der Waals surface area (Å²) in [6.45, 7) is 4.67. The first-order valence-electron chi connectivity index (χ1n) is 7.60. The van der Waals surface area contributed by atoms with Crippen molar-refractivity contribution < 1.29 is 63.4 Å². The Morgan fingerprint density at radius 1 is 0.846 bits per heavy atom. The molecule has 0 aromatic heterocycles. The number of rotatable bonds is 4. The second-order valence-corrected chi connectivity index (χ2v) is 7.93. The molecule has 1 radical (unpaired) electrons. The van der Waals surface area contributed by atoms with Gasteiger partial charge in [-0.3, -0.25) is 6.08 Å². The average Bonchev–Trinajstić information content (AvgIpc) is 3.14. The fourth-order valence-corrected chi connectivity index (χ4v) is 3.28. The normalized spacial score (nSPS) is 10.3. The molecule has 1 aliphatic carbocycles. The van der Waals surface area contributed by atoms with Crippen LogP contribution in [-0.4, -0.2) is 19.5 Å². The summed E-state index contributed by atoms with van der Waals surface area (Å²) in [6, 6.07) is 21.5. The Balaban J connectivity index is -0.000000515. The van der Waals surface area contributed by atoms with Gasteiger partial charge in [-0.25, -0.2) is 12.2 Å². The van der Waals surface area contributed by atoms with E-state index in [0.29, 0.717) is 0 Å². The summed E-state index contributed by atoms with van der Waals surface area (Å²) in [5.74, 6) is 1.47. The number of benzene rings is 2. The van der Waals surface area contributed by atoms with Gasteiger partial charge < -0.3 is 37.2 Å². The molecule has 1 aliphatic rings. The topological polar surface area (TPSA) is 0 Å². The van der Waals surface area contributed by atoms with Crippen LogP contribution >= 0.6 is 7.92 Å². The molecule has 0 N–H and O–H groups in total. The zero-order chi connectivity index (χ0) is 15.6. The van der Waals surface area contributed by atoms with Gasteiger partial charge in [0.15, 0.2) is 0 Å². The number of halogens is 3. The summed E-state index contributed by atoms with van der Waals surface area (Å²) in [6.07, 6.45) is 11.2. The predicted molar refractivity (Wildman–Crippen MR) is 99.5 cm³/mol. The van der Waals surface area contributed by atoms with Crippen LogP contribution in [0.5, 0.6) is 0 Å². The molecular weight excluding hydrogens is 481 g/mol. The summed E-state index contributed by atoms with van der Waals surface area (Å²) < 4.78 is 0. The van der Waals surface area contributed by atoms with E-state index in [1.54, 1.807) is 0 Å². The van der Waals surface area contributed by atoms with Gasteiger partial charge >= 0.3 is 26.2 Å². The molecule has 0 saturated carbocycles. The maximum absolute atomic E-state index is 2.99. The minimum absolute atomic E-state index is 0. The predicted octanol–water partition coefficient (Wildman–Crippen LogP) is -3.29. The zero-order valence-corrected chi connectivity index (χ0v) is 20.6. The Kier molecular flexibility index (Phi) is 21.7. The fourth-order valence-electron chi connectivity index (χ4n) is 2.28. The van der Waals surface area contributed by atoms with Crippen molar-refractivity contribution in [3.8, 4) is 0 Å². The van der Waals surface area contributed by atoms with Crippen LogP contribution < -0.4 is 37.2 Å². The van der Waals surface area contributed by atoms with Gasteiger partial charge in [0.25, 0.3) is 0 Å². The van der Waals surface area contributed by atoms with Crippen molar-refractivity contribution in [3.05, 3.63) is 102 Å². The third-order valence-electron chi connectivity index (χ3n) is 3.30. The van der Waals surface area contributed by atoms with Crippen molar-refractivity contribution >= 4 is 7.92 Å². The third-order valence-corrected chi connectivity index (χ3v) is 4.25.